The van der Waals surface area contributed by atoms with E-state index in [0.717, 1.165) is 24.3 Å². The van der Waals surface area contributed by atoms with Gasteiger partial charge in [0.05, 0.1) is 0 Å². The normalized spacial score (nSPS) is 11.8. The summed E-state index contributed by atoms with van der Waals surface area (Å²) in [5.74, 6) is -3.29. The van der Waals surface area contributed by atoms with Gasteiger partial charge in [0.15, 0.2) is 12.2 Å². The number of ether oxygens (including phenoxy) is 4. The lowest BCUT2D eigenvalue weighted by molar-refractivity contribution is -0.175. The molecule has 0 spiro atoms. The van der Waals surface area contributed by atoms with Crippen molar-refractivity contribution < 1.29 is 38.1 Å². The van der Waals surface area contributed by atoms with Crippen molar-refractivity contribution in [3.63, 3.8) is 0 Å². The van der Waals surface area contributed by atoms with Gasteiger partial charge in [0.2, 0.25) is 0 Å². The van der Waals surface area contributed by atoms with Crippen molar-refractivity contribution in [3.8, 4) is 0 Å². The Morgan fingerprint density at radius 3 is 1.17 bits per heavy atom. The van der Waals surface area contributed by atoms with Gasteiger partial charge in [0.25, 0.3) is 0 Å². The number of hydrogen-bond acceptors (Lipinski definition) is 8. The molecule has 24 heavy (non-hydrogen) atoms. The lowest BCUT2D eigenvalue weighted by Crippen LogP contribution is -2.42. The van der Waals surface area contributed by atoms with Gasteiger partial charge in [-0.05, 0) is 0 Å². The fourth-order valence-electron chi connectivity index (χ4n) is 1.28. The second-order valence-corrected chi connectivity index (χ2v) is 4.03. The van der Waals surface area contributed by atoms with Crippen molar-refractivity contribution in [1.29, 1.82) is 0 Å². The van der Waals surface area contributed by atoms with E-state index in [1.165, 1.54) is 0 Å². The molecule has 0 aromatic heterocycles. The first kappa shape index (κ1) is 20.8. The second-order valence-electron chi connectivity index (χ2n) is 4.03. The Kier molecular flexibility index (Phi) is 9.91. The maximum absolute atomic E-state index is 11.4. The fraction of sp³-hybridized carbons (Fsp3) is 0.250. The molecule has 0 saturated carbocycles. The third-order valence-electron chi connectivity index (χ3n) is 2.40. The predicted octanol–water partition coefficient (Wildman–Crippen LogP) is 0.640. The molecule has 0 rings (SSSR count). The van der Waals surface area contributed by atoms with E-state index in [1.807, 2.05) is 0 Å². The maximum atomic E-state index is 11.4. The van der Waals surface area contributed by atoms with Gasteiger partial charge in [-0.25, -0.2) is 19.2 Å². The topological polar surface area (TPSA) is 105 Å². The Labute approximate surface area is 139 Å². The molecule has 2 atom stereocenters. The summed E-state index contributed by atoms with van der Waals surface area (Å²) in [6.45, 7) is 12.0. The second kappa shape index (κ2) is 11.4. The molecule has 0 unspecified atom stereocenters. The van der Waals surface area contributed by atoms with Crippen molar-refractivity contribution in [2.45, 2.75) is 12.2 Å². The molecule has 130 valence electrons. The molecule has 0 saturated heterocycles. The zero-order valence-electron chi connectivity index (χ0n) is 13.0. The zero-order valence-corrected chi connectivity index (χ0v) is 13.0. The molecule has 0 aromatic rings. The Bertz CT molecular complexity index is 486. The van der Waals surface area contributed by atoms with Gasteiger partial charge < -0.3 is 18.9 Å². The molecule has 0 aliphatic rings. The van der Waals surface area contributed by atoms with Crippen LogP contribution in [0, 0.1) is 0 Å². The van der Waals surface area contributed by atoms with Gasteiger partial charge in [-0.2, -0.15) is 0 Å². The highest BCUT2D eigenvalue weighted by Crippen LogP contribution is 2.09. The first-order valence-corrected chi connectivity index (χ1v) is 6.62. The molecule has 0 N–H and O–H groups in total. The van der Waals surface area contributed by atoms with Crippen molar-refractivity contribution in [3.05, 3.63) is 50.6 Å². The van der Waals surface area contributed by atoms with Crippen LogP contribution in [0.5, 0.6) is 0 Å². The molecular weight excluding hydrogens is 320 g/mol. The van der Waals surface area contributed by atoms with E-state index in [-0.39, 0.29) is 0 Å². The minimum absolute atomic E-state index is 0.467. The van der Waals surface area contributed by atoms with E-state index in [4.69, 9.17) is 18.9 Å². The van der Waals surface area contributed by atoms with Crippen LogP contribution in [0.2, 0.25) is 0 Å². The Hall–Kier alpha value is -3.16. The standard InChI is InChI=1S/C16H18O8/c1-5-13(17)21-9-11(23-15(19)7-3)12(24-16(20)8-4)10-22-14(18)6-2/h5-8,11-12H,1-4,9-10H2/t11-,12+. The molecule has 0 amide bonds. The monoisotopic (exact) mass is 338 g/mol. The summed E-state index contributed by atoms with van der Waals surface area (Å²) in [6, 6.07) is 0. The highest BCUT2D eigenvalue weighted by molar-refractivity contribution is 5.83. The summed E-state index contributed by atoms with van der Waals surface area (Å²) in [5, 5.41) is 0. The van der Waals surface area contributed by atoms with Gasteiger partial charge in [-0.15, -0.1) is 0 Å². The van der Waals surface area contributed by atoms with Crippen LogP contribution in [0.1, 0.15) is 0 Å². The largest absolute Gasteiger partial charge is 0.458 e. The maximum Gasteiger partial charge on any atom is 0.330 e. The van der Waals surface area contributed by atoms with E-state index in [9.17, 15) is 19.2 Å². The third-order valence-corrected chi connectivity index (χ3v) is 2.40. The van der Waals surface area contributed by atoms with Crippen LogP contribution >= 0.6 is 0 Å². The fourth-order valence-corrected chi connectivity index (χ4v) is 1.28. The van der Waals surface area contributed by atoms with Crippen LogP contribution in [-0.4, -0.2) is 49.3 Å². The molecule has 0 aliphatic carbocycles. The number of hydrogen-bond donors (Lipinski definition) is 0. The van der Waals surface area contributed by atoms with E-state index < -0.39 is 49.3 Å². The highest BCUT2D eigenvalue weighted by atomic mass is 16.6. The molecule has 0 aliphatic heterocycles. The number of carbonyl (C=O) groups is 4. The quantitative estimate of drug-likeness (QED) is 0.307. The molecule has 8 heteroatoms. The summed E-state index contributed by atoms with van der Waals surface area (Å²) in [6.07, 6.45) is 1.03. The molecule has 0 aromatic carbocycles. The number of rotatable bonds is 11. The highest BCUT2D eigenvalue weighted by Gasteiger charge is 2.30. The van der Waals surface area contributed by atoms with Crippen LogP contribution < -0.4 is 0 Å². The molecule has 0 bridgehead atoms. The first-order chi connectivity index (χ1) is 11.4. The third kappa shape index (κ3) is 8.32. The Morgan fingerprint density at radius 2 is 0.917 bits per heavy atom. The average molecular weight is 338 g/mol. The minimum atomic E-state index is -1.25. The SMILES string of the molecule is C=CC(=O)OC[C@H](OC(=O)C=C)[C@@H](COC(=O)C=C)OC(=O)C=C. The molecule has 8 nitrogen and oxygen atoms in total. The van der Waals surface area contributed by atoms with Gasteiger partial charge in [0, 0.05) is 24.3 Å². The van der Waals surface area contributed by atoms with Gasteiger partial charge in [-0.3, -0.25) is 0 Å². The van der Waals surface area contributed by atoms with Crippen LogP contribution in [0.15, 0.2) is 50.6 Å². The Morgan fingerprint density at radius 1 is 0.625 bits per heavy atom. The van der Waals surface area contributed by atoms with Gasteiger partial charge in [0.1, 0.15) is 13.2 Å². The van der Waals surface area contributed by atoms with E-state index in [2.05, 4.69) is 26.3 Å². The lowest BCUT2D eigenvalue weighted by atomic mass is 10.2. The van der Waals surface area contributed by atoms with E-state index in [1.54, 1.807) is 0 Å². The van der Waals surface area contributed by atoms with Gasteiger partial charge in [-0.1, -0.05) is 26.3 Å². The van der Waals surface area contributed by atoms with Crippen LogP contribution in [0.3, 0.4) is 0 Å². The van der Waals surface area contributed by atoms with Crippen LogP contribution in [-0.2, 0) is 38.1 Å². The summed E-state index contributed by atoms with van der Waals surface area (Å²) < 4.78 is 19.5. The molecular formula is C16H18O8. The van der Waals surface area contributed by atoms with Crippen molar-refractivity contribution in [2.75, 3.05) is 13.2 Å². The predicted molar refractivity (Wildman–Crippen MR) is 82.5 cm³/mol. The first-order valence-electron chi connectivity index (χ1n) is 6.62. The molecule has 0 radical (unpaired) electrons. The van der Waals surface area contributed by atoms with Crippen LogP contribution in [0.25, 0.3) is 0 Å². The number of esters is 4. The summed E-state index contributed by atoms with van der Waals surface area (Å²) >= 11 is 0. The summed E-state index contributed by atoms with van der Waals surface area (Å²) in [5.41, 5.74) is 0. The van der Waals surface area contributed by atoms with E-state index in [0.29, 0.717) is 0 Å². The molecule has 0 fully saturated rings. The van der Waals surface area contributed by atoms with Crippen molar-refractivity contribution >= 4 is 23.9 Å². The van der Waals surface area contributed by atoms with Crippen molar-refractivity contribution in [1.82, 2.24) is 0 Å². The number of carbonyl (C=O) groups excluding carboxylic acids is 4. The minimum Gasteiger partial charge on any atom is -0.458 e. The van der Waals surface area contributed by atoms with Crippen LogP contribution in [0.4, 0.5) is 0 Å². The van der Waals surface area contributed by atoms with E-state index >= 15 is 0 Å². The molecule has 0 heterocycles. The lowest BCUT2D eigenvalue weighted by Gasteiger charge is -2.25. The smallest absolute Gasteiger partial charge is 0.330 e. The van der Waals surface area contributed by atoms with Gasteiger partial charge >= 0.3 is 23.9 Å². The zero-order chi connectivity index (χ0) is 18.5. The van der Waals surface area contributed by atoms with Crippen molar-refractivity contribution in [2.24, 2.45) is 0 Å². The summed E-state index contributed by atoms with van der Waals surface area (Å²) in [4.78, 5) is 45.1. The Balaban J connectivity index is 5.22. The summed E-state index contributed by atoms with van der Waals surface area (Å²) in [7, 11) is 0. The average Bonchev–Trinajstić information content (AvgIpc) is 2.60.